The van der Waals surface area contributed by atoms with Gasteiger partial charge in [0.25, 0.3) is 5.91 Å². The van der Waals surface area contributed by atoms with E-state index in [4.69, 9.17) is 4.98 Å². The molecule has 0 saturated heterocycles. The average Bonchev–Trinajstić information content (AvgIpc) is 3.28. The number of fused-ring (bicyclic) bond motifs is 1. The standard InChI is InChI=1S/C22H28N4O3S/c1-13(2)26-21-18(12-24-26)17(22(28)23-9-7-6-8-20(27)29-5)11-19(25-21)16-10-14(3)30-15(16)4/h10-13H,6-9H2,1-5H3,(H,23,28). The lowest BCUT2D eigenvalue weighted by atomic mass is 10.1. The number of carbonyl (C=O) groups excluding carboxylic acids is 2. The van der Waals surface area contributed by atoms with Gasteiger partial charge in [-0.2, -0.15) is 5.10 Å². The predicted molar refractivity (Wildman–Crippen MR) is 119 cm³/mol. The smallest absolute Gasteiger partial charge is 0.305 e. The van der Waals surface area contributed by atoms with Gasteiger partial charge in [-0.25, -0.2) is 9.67 Å². The number of nitrogens with one attached hydrogen (secondary N) is 1. The fourth-order valence-corrected chi connectivity index (χ4v) is 4.33. The highest BCUT2D eigenvalue weighted by molar-refractivity contribution is 7.12. The first-order valence-corrected chi connectivity index (χ1v) is 10.9. The number of nitrogens with zero attached hydrogens (tertiary/aromatic N) is 3. The Hall–Kier alpha value is -2.74. The molecule has 0 saturated carbocycles. The van der Waals surface area contributed by atoms with Crippen molar-refractivity contribution in [2.75, 3.05) is 13.7 Å². The number of pyridine rings is 1. The Bertz CT molecular complexity index is 1070. The molecule has 0 aliphatic carbocycles. The van der Waals surface area contributed by atoms with Gasteiger partial charge in [0.1, 0.15) is 0 Å². The van der Waals surface area contributed by atoms with Crippen LogP contribution in [0.15, 0.2) is 18.3 Å². The van der Waals surface area contributed by atoms with Crippen molar-refractivity contribution in [3.8, 4) is 11.3 Å². The number of ether oxygens (including phenoxy) is 1. The monoisotopic (exact) mass is 428 g/mol. The molecule has 8 heteroatoms. The van der Waals surface area contributed by atoms with Crippen molar-refractivity contribution in [3.63, 3.8) is 0 Å². The molecular formula is C22H28N4O3S. The summed E-state index contributed by atoms with van der Waals surface area (Å²) in [4.78, 5) is 31.4. The van der Waals surface area contributed by atoms with Gasteiger partial charge in [-0.15, -0.1) is 11.3 Å². The molecule has 0 fully saturated rings. The first-order chi connectivity index (χ1) is 14.3. The third kappa shape index (κ3) is 4.70. The van der Waals surface area contributed by atoms with Crippen LogP contribution in [0.3, 0.4) is 0 Å². The van der Waals surface area contributed by atoms with E-state index in [-0.39, 0.29) is 17.9 Å². The zero-order chi connectivity index (χ0) is 21.8. The SMILES string of the molecule is COC(=O)CCCCNC(=O)c1cc(-c2cc(C)sc2C)nc2c1cnn2C(C)C. The topological polar surface area (TPSA) is 86.1 Å². The van der Waals surface area contributed by atoms with Crippen LogP contribution in [0.2, 0.25) is 0 Å². The van der Waals surface area contributed by atoms with Crippen molar-refractivity contribution < 1.29 is 14.3 Å². The third-order valence-electron chi connectivity index (χ3n) is 4.94. The summed E-state index contributed by atoms with van der Waals surface area (Å²) >= 11 is 1.72. The maximum Gasteiger partial charge on any atom is 0.305 e. The van der Waals surface area contributed by atoms with E-state index in [2.05, 4.69) is 35.1 Å². The van der Waals surface area contributed by atoms with Crippen LogP contribution >= 0.6 is 11.3 Å². The van der Waals surface area contributed by atoms with Crippen molar-refractivity contribution >= 4 is 34.2 Å². The summed E-state index contributed by atoms with van der Waals surface area (Å²) in [6.07, 6.45) is 3.44. The zero-order valence-electron chi connectivity index (χ0n) is 18.1. The van der Waals surface area contributed by atoms with Crippen LogP contribution in [0.25, 0.3) is 22.3 Å². The second-order valence-corrected chi connectivity index (χ2v) is 9.05. The molecule has 3 aromatic rings. The molecule has 0 aromatic carbocycles. The lowest BCUT2D eigenvalue weighted by Crippen LogP contribution is -2.25. The summed E-state index contributed by atoms with van der Waals surface area (Å²) in [5.74, 6) is -0.390. The van der Waals surface area contributed by atoms with Gasteiger partial charge >= 0.3 is 5.97 Å². The molecule has 3 rings (SSSR count). The number of amides is 1. The highest BCUT2D eigenvalue weighted by Gasteiger charge is 2.19. The number of hydrogen-bond donors (Lipinski definition) is 1. The van der Waals surface area contributed by atoms with Crippen LogP contribution in [-0.4, -0.2) is 40.3 Å². The molecule has 1 amide bonds. The van der Waals surface area contributed by atoms with Crippen LogP contribution in [0.4, 0.5) is 0 Å². The average molecular weight is 429 g/mol. The minimum atomic E-state index is -0.232. The van der Waals surface area contributed by atoms with Crippen LogP contribution < -0.4 is 5.32 Å². The summed E-state index contributed by atoms with van der Waals surface area (Å²) in [7, 11) is 1.38. The maximum atomic E-state index is 13.0. The van der Waals surface area contributed by atoms with E-state index in [0.717, 1.165) is 16.6 Å². The molecule has 0 aliphatic heterocycles. The van der Waals surface area contributed by atoms with Gasteiger partial charge < -0.3 is 10.1 Å². The van der Waals surface area contributed by atoms with E-state index in [0.29, 0.717) is 37.0 Å². The zero-order valence-corrected chi connectivity index (χ0v) is 18.9. The second-order valence-electron chi connectivity index (χ2n) is 7.59. The van der Waals surface area contributed by atoms with Crippen molar-refractivity contribution in [3.05, 3.63) is 33.6 Å². The number of aryl methyl sites for hydroxylation is 2. The van der Waals surface area contributed by atoms with E-state index >= 15 is 0 Å². The van der Waals surface area contributed by atoms with Crippen molar-refractivity contribution in [1.29, 1.82) is 0 Å². The Morgan fingerprint density at radius 3 is 2.63 bits per heavy atom. The molecule has 160 valence electrons. The molecule has 0 atom stereocenters. The molecule has 0 unspecified atom stereocenters. The first-order valence-electron chi connectivity index (χ1n) is 10.1. The number of hydrogen-bond acceptors (Lipinski definition) is 6. The van der Waals surface area contributed by atoms with Crippen molar-refractivity contribution in [2.24, 2.45) is 0 Å². The number of unbranched alkanes of at least 4 members (excludes halogenated alkanes) is 1. The second kappa shape index (κ2) is 9.38. The normalized spacial score (nSPS) is 11.3. The molecule has 0 radical (unpaired) electrons. The fourth-order valence-electron chi connectivity index (χ4n) is 3.40. The summed E-state index contributed by atoms with van der Waals surface area (Å²) in [5.41, 5.74) is 3.10. The summed E-state index contributed by atoms with van der Waals surface area (Å²) in [6, 6.07) is 4.09. The van der Waals surface area contributed by atoms with Gasteiger partial charge in [0, 0.05) is 34.3 Å². The van der Waals surface area contributed by atoms with E-state index < -0.39 is 0 Å². The third-order valence-corrected chi connectivity index (χ3v) is 5.90. The first kappa shape index (κ1) is 22.0. The maximum absolute atomic E-state index is 13.0. The number of aromatic nitrogens is 3. The van der Waals surface area contributed by atoms with E-state index in [1.807, 2.05) is 24.6 Å². The Balaban J connectivity index is 1.90. The number of rotatable bonds is 8. The molecule has 0 aliphatic rings. The molecule has 0 bridgehead atoms. The Labute approximate surface area is 180 Å². The highest BCUT2D eigenvalue weighted by atomic mass is 32.1. The fraction of sp³-hybridized carbons (Fsp3) is 0.455. The molecule has 7 nitrogen and oxygen atoms in total. The molecule has 30 heavy (non-hydrogen) atoms. The van der Waals surface area contributed by atoms with Gasteiger partial charge in [0.2, 0.25) is 0 Å². The predicted octanol–water partition coefficient (Wildman–Crippen LogP) is 4.43. The Morgan fingerprint density at radius 1 is 1.23 bits per heavy atom. The van der Waals surface area contributed by atoms with Crippen LogP contribution in [0.1, 0.15) is 59.3 Å². The lowest BCUT2D eigenvalue weighted by Gasteiger charge is -2.11. The molecule has 1 N–H and O–H groups in total. The van der Waals surface area contributed by atoms with Crippen molar-refractivity contribution in [2.45, 2.75) is 53.0 Å². The number of thiophene rings is 1. The molecule has 0 spiro atoms. The van der Waals surface area contributed by atoms with Crippen LogP contribution in [0.5, 0.6) is 0 Å². The Morgan fingerprint density at radius 2 is 2.00 bits per heavy atom. The quantitative estimate of drug-likeness (QED) is 0.424. The Kier molecular flexibility index (Phi) is 6.87. The molecule has 3 heterocycles. The minimum absolute atomic E-state index is 0.129. The van der Waals surface area contributed by atoms with E-state index in [9.17, 15) is 9.59 Å². The number of carbonyl (C=O) groups is 2. The van der Waals surface area contributed by atoms with E-state index in [1.54, 1.807) is 17.5 Å². The van der Waals surface area contributed by atoms with Gasteiger partial charge in [0.05, 0.1) is 30.0 Å². The molecule has 3 aromatic heterocycles. The number of methoxy groups -OCH3 is 1. The van der Waals surface area contributed by atoms with E-state index in [1.165, 1.54) is 16.9 Å². The molecular weight excluding hydrogens is 400 g/mol. The lowest BCUT2D eigenvalue weighted by molar-refractivity contribution is -0.140. The van der Waals surface area contributed by atoms with Gasteiger partial charge in [-0.05, 0) is 52.7 Å². The summed E-state index contributed by atoms with van der Waals surface area (Å²) in [6.45, 7) is 8.72. The highest BCUT2D eigenvalue weighted by Crippen LogP contribution is 2.32. The number of esters is 1. The minimum Gasteiger partial charge on any atom is -0.469 e. The van der Waals surface area contributed by atoms with Crippen LogP contribution in [0, 0.1) is 13.8 Å². The summed E-state index contributed by atoms with van der Waals surface area (Å²) < 4.78 is 6.49. The largest absolute Gasteiger partial charge is 0.469 e. The van der Waals surface area contributed by atoms with Crippen LogP contribution in [-0.2, 0) is 9.53 Å². The van der Waals surface area contributed by atoms with Crippen molar-refractivity contribution in [1.82, 2.24) is 20.1 Å². The van der Waals surface area contributed by atoms with Gasteiger partial charge in [-0.1, -0.05) is 0 Å². The summed E-state index contributed by atoms with van der Waals surface area (Å²) in [5, 5.41) is 8.17. The van der Waals surface area contributed by atoms with Gasteiger partial charge in [0.15, 0.2) is 5.65 Å². The van der Waals surface area contributed by atoms with Gasteiger partial charge in [-0.3, -0.25) is 9.59 Å².